The molecular weight excluding hydrogens is 292 g/mol. The second-order valence-corrected chi connectivity index (χ2v) is 6.45. The Hall–Kier alpha value is -1.59. The molecular formula is C18H26N2O3. The molecule has 2 aliphatic rings. The highest BCUT2D eigenvalue weighted by Gasteiger charge is 2.42. The zero-order chi connectivity index (χ0) is 16.2. The summed E-state index contributed by atoms with van der Waals surface area (Å²) in [6.45, 7) is 5.13. The zero-order valence-electron chi connectivity index (χ0n) is 13.7. The Morgan fingerprint density at radius 2 is 2.13 bits per heavy atom. The molecule has 0 bridgehead atoms. The van der Waals surface area contributed by atoms with Gasteiger partial charge in [0.15, 0.2) is 0 Å². The lowest BCUT2D eigenvalue weighted by Crippen LogP contribution is -2.32. The van der Waals surface area contributed by atoms with E-state index in [0.717, 1.165) is 12.5 Å². The van der Waals surface area contributed by atoms with Crippen molar-refractivity contribution in [3.8, 4) is 5.75 Å². The van der Waals surface area contributed by atoms with E-state index < -0.39 is 0 Å². The van der Waals surface area contributed by atoms with Gasteiger partial charge in [0.05, 0.1) is 6.61 Å². The average molecular weight is 318 g/mol. The minimum Gasteiger partial charge on any atom is -0.491 e. The molecule has 0 spiro atoms. The summed E-state index contributed by atoms with van der Waals surface area (Å²) < 4.78 is 10.9. The van der Waals surface area contributed by atoms with Gasteiger partial charge in [-0.1, -0.05) is 6.07 Å². The van der Waals surface area contributed by atoms with Crippen molar-refractivity contribution in [1.82, 2.24) is 4.90 Å². The van der Waals surface area contributed by atoms with Crippen molar-refractivity contribution in [1.29, 1.82) is 0 Å². The molecule has 1 aromatic rings. The van der Waals surface area contributed by atoms with E-state index in [-0.39, 0.29) is 11.9 Å². The maximum Gasteiger partial charge on any atom is 0.254 e. The molecule has 1 aliphatic heterocycles. The molecule has 0 radical (unpaired) electrons. The molecule has 2 fully saturated rings. The summed E-state index contributed by atoms with van der Waals surface area (Å²) in [6, 6.07) is 7.50. The molecule has 2 unspecified atom stereocenters. The summed E-state index contributed by atoms with van der Waals surface area (Å²) in [6.07, 6.45) is 2.53. The van der Waals surface area contributed by atoms with Crippen LogP contribution in [0.25, 0.3) is 0 Å². The van der Waals surface area contributed by atoms with Crippen molar-refractivity contribution in [2.45, 2.75) is 25.8 Å². The number of rotatable bonds is 7. The van der Waals surface area contributed by atoms with Crippen LogP contribution in [0.15, 0.2) is 24.3 Å². The van der Waals surface area contributed by atoms with E-state index in [4.69, 9.17) is 15.2 Å². The molecule has 1 amide bonds. The summed E-state index contributed by atoms with van der Waals surface area (Å²) in [7, 11) is 0. The van der Waals surface area contributed by atoms with Gasteiger partial charge in [-0.15, -0.1) is 0 Å². The Morgan fingerprint density at radius 1 is 1.30 bits per heavy atom. The number of carbonyl (C=O) groups is 1. The maximum absolute atomic E-state index is 12.7. The van der Waals surface area contributed by atoms with E-state index in [1.54, 1.807) is 0 Å². The summed E-state index contributed by atoms with van der Waals surface area (Å²) >= 11 is 0. The van der Waals surface area contributed by atoms with E-state index >= 15 is 0 Å². The minimum atomic E-state index is 0.0545. The molecule has 126 valence electrons. The fraction of sp³-hybridized carbons (Fsp3) is 0.611. The highest BCUT2D eigenvalue weighted by molar-refractivity contribution is 5.94. The molecule has 2 atom stereocenters. The predicted octanol–water partition coefficient (Wildman–Crippen LogP) is 1.91. The molecule has 3 rings (SSSR count). The van der Waals surface area contributed by atoms with Crippen LogP contribution in [-0.4, -0.2) is 49.8 Å². The zero-order valence-corrected chi connectivity index (χ0v) is 13.7. The second kappa shape index (κ2) is 7.32. The lowest BCUT2D eigenvalue weighted by molar-refractivity contribution is 0.0784. The van der Waals surface area contributed by atoms with Crippen molar-refractivity contribution >= 4 is 5.91 Å². The molecule has 5 nitrogen and oxygen atoms in total. The number of benzene rings is 1. The molecule has 1 saturated carbocycles. The normalized spacial score (nSPS) is 24.0. The highest BCUT2D eigenvalue weighted by atomic mass is 16.5. The molecule has 1 saturated heterocycles. The number of ether oxygens (including phenoxy) is 2. The van der Waals surface area contributed by atoms with Gasteiger partial charge in [-0.05, 0) is 49.8 Å². The molecule has 2 N–H and O–H groups in total. The number of hydrogen-bond donors (Lipinski definition) is 1. The van der Waals surface area contributed by atoms with E-state index in [0.29, 0.717) is 43.6 Å². The number of nitrogens with two attached hydrogens (primary N) is 1. The summed E-state index contributed by atoms with van der Waals surface area (Å²) in [5, 5.41) is 0. The maximum atomic E-state index is 12.7. The van der Waals surface area contributed by atoms with Gasteiger partial charge in [-0.2, -0.15) is 0 Å². The predicted molar refractivity (Wildman–Crippen MR) is 88.5 cm³/mol. The van der Waals surface area contributed by atoms with Crippen molar-refractivity contribution < 1.29 is 14.3 Å². The topological polar surface area (TPSA) is 64.8 Å². The van der Waals surface area contributed by atoms with Crippen molar-refractivity contribution in [3.05, 3.63) is 29.8 Å². The van der Waals surface area contributed by atoms with Crippen LogP contribution in [0, 0.1) is 11.8 Å². The Bertz CT molecular complexity index is 545. The quantitative estimate of drug-likeness (QED) is 0.780. The largest absolute Gasteiger partial charge is 0.491 e. The van der Waals surface area contributed by atoms with Crippen LogP contribution in [0.5, 0.6) is 5.75 Å². The Morgan fingerprint density at radius 3 is 2.87 bits per heavy atom. The fourth-order valence-electron chi connectivity index (χ4n) is 3.31. The molecule has 5 heteroatoms. The molecule has 0 aromatic heterocycles. The van der Waals surface area contributed by atoms with Gasteiger partial charge in [0.25, 0.3) is 5.91 Å². The van der Waals surface area contributed by atoms with Gasteiger partial charge in [-0.25, -0.2) is 0 Å². The molecule has 1 heterocycles. The number of amides is 1. The molecule has 23 heavy (non-hydrogen) atoms. The SMILES string of the molecule is CCOCCOc1cccc(C(=O)N2CC(N)C(C3CC3)C2)c1. The van der Waals surface area contributed by atoms with Crippen molar-refractivity contribution in [2.75, 3.05) is 32.9 Å². The van der Waals surface area contributed by atoms with Gasteiger partial charge in [0.2, 0.25) is 0 Å². The standard InChI is InChI=1S/C18H26N2O3/c1-2-22-8-9-23-15-5-3-4-14(10-15)18(21)20-11-16(13-6-7-13)17(19)12-20/h3-5,10,13,16-17H,2,6-9,11-12,19H2,1H3. The van der Waals surface area contributed by atoms with Gasteiger partial charge in [-0.3, -0.25) is 4.79 Å². The first kappa shape index (κ1) is 16.3. The van der Waals surface area contributed by atoms with Crippen molar-refractivity contribution in [3.63, 3.8) is 0 Å². The third-order valence-corrected chi connectivity index (χ3v) is 4.71. The first-order chi connectivity index (χ1) is 11.2. The summed E-state index contributed by atoms with van der Waals surface area (Å²) in [5.74, 6) is 1.97. The van der Waals surface area contributed by atoms with Crippen molar-refractivity contribution in [2.24, 2.45) is 17.6 Å². The second-order valence-electron chi connectivity index (χ2n) is 6.45. The van der Waals surface area contributed by atoms with Crippen LogP contribution in [0.1, 0.15) is 30.1 Å². The number of likely N-dealkylation sites (tertiary alicyclic amines) is 1. The Balaban J connectivity index is 1.58. The Kier molecular flexibility index (Phi) is 5.18. The first-order valence-electron chi connectivity index (χ1n) is 8.54. The van der Waals surface area contributed by atoms with E-state index in [1.807, 2.05) is 36.1 Å². The van der Waals surface area contributed by atoms with E-state index in [1.165, 1.54) is 12.8 Å². The fourth-order valence-corrected chi connectivity index (χ4v) is 3.31. The van der Waals surface area contributed by atoms with Crippen LogP contribution in [0.3, 0.4) is 0 Å². The third kappa shape index (κ3) is 4.03. The molecule has 1 aliphatic carbocycles. The summed E-state index contributed by atoms with van der Waals surface area (Å²) in [4.78, 5) is 14.6. The monoisotopic (exact) mass is 318 g/mol. The van der Waals surface area contributed by atoms with Crippen LogP contribution >= 0.6 is 0 Å². The number of carbonyl (C=O) groups excluding carboxylic acids is 1. The molecule has 1 aromatic carbocycles. The smallest absolute Gasteiger partial charge is 0.254 e. The highest BCUT2D eigenvalue weighted by Crippen LogP contribution is 2.41. The Labute approximate surface area is 137 Å². The van der Waals surface area contributed by atoms with Gasteiger partial charge in [0, 0.05) is 31.3 Å². The van der Waals surface area contributed by atoms with Gasteiger partial charge < -0.3 is 20.1 Å². The van der Waals surface area contributed by atoms with Crippen LogP contribution in [-0.2, 0) is 4.74 Å². The van der Waals surface area contributed by atoms with Gasteiger partial charge >= 0.3 is 0 Å². The van der Waals surface area contributed by atoms with E-state index in [9.17, 15) is 4.79 Å². The number of hydrogen-bond acceptors (Lipinski definition) is 4. The van der Waals surface area contributed by atoms with Crippen LogP contribution in [0.2, 0.25) is 0 Å². The van der Waals surface area contributed by atoms with Crippen LogP contribution in [0.4, 0.5) is 0 Å². The lowest BCUT2D eigenvalue weighted by atomic mass is 9.99. The van der Waals surface area contributed by atoms with Gasteiger partial charge in [0.1, 0.15) is 12.4 Å². The lowest BCUT2D eigenvalue weighted by Gasteiger charge is -2.17. The minimum absolute atomic E-state index is 0.0545. The number of nitrogens with zero attached hydrogens (tertiary/aromatic N) is 1. The third-order valence-electron chi connectivity index (χ3n) is 4.71. The summed E-state index contributed by atoms with van der Waals surface area (Å²) in [5.41, 5.74) is 6.89. The van der Waals surface area contributed by atoms with Crippen LogP contribution < -0.4 is 10.5 Å². The van der Waals surface area contributed by atoms with E-state index in [2.05, 4.69) is 0 Å². The average Bonchev–Trinajstić information content (AvgIpc) is 3.33. The first-order valence-corrected chi connectivity index (χ1v) is 8.54.